The average molecular weight is 437 g/mol. The molecule has 0 saturated carbocycles. The zero-order valence-electron chi connectivity index (χ0n) is 18.0. The van der Waals surface area contributed by atoms with Crippen LogP contribution < -0.4 is 0 Å². The fourth-order valence-electron chi connectivity index (χ4n) is 4.24. The number of β-amino-alcohol motifs (C(OH)–C–C–N with tert-alkyl or cyclic N) is 1. The molecule has 0 aromatic heterocycles. The molecule has 2 unspecified atom stereocenters. The third-order valence-electron chi connectivity index (χ3n) is 6.07. The number of nitrogens with zero attached hydrogens (tertiary/aromatic N) is 4. The summed E-state index contributed by atoms with van der Waals surface area (Å²) in [6.45, 7) is 5.84. The summed E-state index contributed by atoms with van der Waals surface area (Å²) in [5.74, 6) is -0.293. The van der Waals surface area contributed by atoms with Gasteiger partial charge < -0.3 is 19.8 Å². The number of benzene rings is 1. The van der Waals surface area contributed by atoms with Gasteiger partial charge in [0.15, 0.2) is 0 Å². The first kappa shape index (κ1) is 23.0. The highest BCUT2D eigenvalue weighted by Gasteiger charge is 2.31. The van der Waals surface area contributed by atoms with Crippen molar-refractivity contribution >= 4 is 23.4 Å². The Hall–Kier alpha value is -1.67. The number of rotatable bonds is 6. The first-order valence-corrected chi connectivity index (χ1v) is 11.1. The van der Waals surface area contributed by atoms with Gasteiger partial charge in [0.2, 0.25) is 5.91 Å². The van der Waals surface area contributed by atoms with Crippen LogP contribution >= 0.6 is 11.6 Å². The lowest BCUT2D eigenvalue weighted by Gasteiger charge is -2.36. The summed E-state index contributed by atoms with van der Waals surface area (Å²) >= 11 is 5.91. The topological polar surface area (TPSA) is 67.3 Å². The highest BCUT2D eigenvalue weighted by atomic mass is 35.5. The average Bonchev–Trinajstić information content (AvgIpc) is 2.75. The van der Waals surface area contributed by atoms with Gasteiger partial charge in [-0.25, -0.2) is 0 Å². The largest absolute Gasteiger partial charge is 0.390 e. The van der Waals surface area contributed by atoms with Crippen LogP contribution in [-0.4, -0.2) is 109 Å². The number of likely N-dealkylation sites (N-methyl/N-ethyl adjacent to an activating group) is 2. The highest BCUT2D eigenvalue weighted by Crippen LogP contribution is 2.21. The summed E-state index contributed by atoms with van der Waals surface area (Å²) < 4.78 is 0. The smallest absolute Gasteiger partial charge is 0.253 e. The van der Waals surface area contributed by atoms with E-state index in [0.29, 0.717) is 36.8 Å². The SMILES string of the molecule is CN1CCN(CC(O)CN(C)C(=O)C2CCCN(C(=O)c3ccc(Cl)cc3)C2)CC1. The summed E-state index contributed by atoms with van der Waals surface area (Å²) in [4.78, 5) is 33.6. The number of hydrogen-bond donors (Lipinski definition) is 1. The summed E-state index contributed by atoms with van der Waals surface area (Å²) in [5, 5.41) is 11.1. The molecule has 2 heterocycles. The van der Waals surface area contributed by atoms with Crippen molar-refractivity contribution in [3.63, 3.8) is 0 Å². The predicted molar refractivity (Wildman–Crippen MR) is 118 cm³/mol. The van der Waals surface area contributed by atoms with Gasteiger partial charge in [0.1, 0.15) is 0 Å². The number of piperazine rings is 1. The third kappa shape index (κ3) is 6.17. The molecule has 0 spiro atoms. The monoisotopic (exact) mass is 436 g/mol. The quantitative estimate of drug-likeness (QED) is 0.727. The van der Waals surface area contributed by atoms with Crippen LogP contribution in [0.5, 0.6) is 0 Å². The van der Waals surface area contributed by atoms with Crippen molar-refractivity contribution in [3.8, 4) is 0 Å². The van der Waals surface area contributed by atoms with E-state index in [1.54, 1.807) is 41.1 Å². The predicted octanol–water partition coefficient (Wildman–Crippen LogP) is 1.26. The Bertz CT molecular complexity index is 722. The molecule has 2 amide bonds. The molecule has 0 bridgehead atoms. The van der Waals surface area contributed by atoms with Gasteiger partial charge in [0, 0.05) is 70.0 Å². The Morgan fingerprint density at radius 1 is 1.17 bits per heavy atom. The number of carbonyl (C=O) groups is 2. The lowest BCUT2D eigenvalue weighted by molar-refractivity contribution is -0.137. The number of piperidine rings is 1. The van der Waals surface area contributed by atoms with E-state index in [4.69, 9.17) is 11.6 Å². The van der Waals surface area contributed by atoms with Crippen LogP contribution in [0.25, 0.3) is 0 Å². The Morgan fingerprint density at radius 3 is 2.50 bits per heavy atom. The van der Waals surface area contributed by atoms with E-state index in [9.17, 15) is 14.7 Å². The molecule has 30 heavy (non-hydrogen) atoms. The first-order valence-electron chi connectivity index (χ1n) is 10.7. The van der Waals surface area contributed by atoms with E-state index in [1.807, 2.05) is 0 Å². The van der Waals surface area contributed by atoms with E-state index in [2.05, 4.69) is 16.8 Å². The molecule has 2 aliphatic heterocycles. The second kappa shape index (κ2) is 10.6. The minimum Gasteiger partial charge on any atom is -0.390 e. The maximum absolute atomic E-state index is 13.0. The molecular weight excluding hydrogens is 404 g/mol. The molecule has 2 aliphatic rings. The molecule has 1 aromatic carbocycles. The lowest BCUT2D eigenvalue weighted by atomic mass is 9.96. The maximum Gasteiger partial charge on any atom is 0.253 e. The van der Waals surface area contributed by atoms with Crippen molar-refractivity contribution in [3.05, 3.63) is 34.9 Å². The van der Waals surface area contributed by atoms with Crippen molar-refractivity contribution in [1.29, 1.82) is 0 Å². The molecular formula is C22H33ClN4O3. The van der Waals surface area contributed by atoms with Crippen molar-refractivity contribution in [2.45, 2.75) is 18.9 Å². The normalized spacial score (nSPS) is 22.0. The number of hydrogen-bond acceptors (Lipinski definition) is 5. The molecule has 2 fully saturated rings. The van der Waals surface area contributed by atoms with Crippen LogP contribution in [0.4, 0.5) is 0 Å². The van der Waals surface area contributed by atoms with Gasteiger partial charge in [-0.2, -0.15) is 0 Å². The van der Waals surface area contributed by atoms with Gasteiger partial charge in [0.05, 0.1) is 12.0 Å². The van der Waals surface area contributed by atoms with Gasteiger partial charge in [-0.05, 0) is 44.2 Å². The third-order valence-corrected chi connectivity index (χ3v) is 6.33. The summed E-state index contributed by atoms with van der Waals surface area (Å²) in [6, 6.07) is 6.85. The Balaban J connectivity index is 1.50. The molecule has 166 valence electrons. The van der Waals surface area contributed by atoms with Crippen molar-refractivity contribution in [2.75, 3.05) is 66.5 Å². The van der Waals surface area contributed by atoms with Gasteiger partial charge >= 0.3 is 0 Å². The van der Waals surface area contributed by atoms with Crippen LogP contribution in [-0.2, 0) is 4.79 Å². The number of carbonyl (C=O) groups excluding carboxylic acids is 2. The molecule has 2 saturated heterocycles. The zero-order chi connectivity index (χ0) is 21.7. The molecule has 7 nitrogen and oxygen atoms in total. The van der Waals surface area contributed by atoms with Crippen LogP contribution in [0.15, 0.2) is 24.3 Å². The molecule has 8 heteroatoms. The van der Waals surface area contributed by atoms with Crippen LogP contribution in [0.3, 0.4) is 0 Å². The number of halogens is 1. The van der Waals surface area contributed by atoms with E-state index < -0.39 is 6.10 Å². The van der Waals surface area contributed by atoms with Crippen molar-refractivity contribution < 1.29 is 14.7 Å². The number of aliphatic hydroxyl groups is 1. The molecule has 1 aromatic rings. The Kier molecular flexibility index (Phi) is 8.11. The second-order valence-corrected chi connectivity index (χ2v) is 9.01. The van der Waals surface area contributed by atoms with E-state index >= 15 is 0 Å². The van der Waals surface area contributed by atoms with E-state index in [0.717, 1.165) is 39.0 Å². The minimum absolute atomic E-state index is 0.000957. The highest BCUT2D eigenvalue weighted by molar-refractivity contribution is 6.30. The Labute approximate surface area is 184 Å². The Morgan fingerprint density at radius 2 is 1.83 bits per heavy atom. The summed E-state index contributed by atoms with van der Waals surface area (Å²) in [7, 11) is 3.85. The second-order valence-electron chi connectivity index (χ2n) is 8.57. The lowest BCUT2D eigenvalue weighted by Crippen LogP contribution is -2.50. The van der Waals surface area contributed by atoms with Gasteiger partial charge in [0.25, 0.3) is 5.91 Å². The van der Waals surface area contributed by atoms with Gasteiger partial charge in [-0.15, -0.1) is 0 Å². The van der Waals surface area contributed by atoms with Crippen LogP contribution in [0, 0.1) is 5.92 Å². The molecule has 1 N–H and O–H groups in total. The molecule has 2 atom stereocenters. The van der Waals surface area contributed by atoms with Crippen molar-refractivity contribution in [2.24, 2.45) is 5.92 Å². The molecule has 0 radical (unpaired) electrons. The minimum atomic E-state index is -0.572. The molecule has 0 aliphatic carbocycles. The number of amides is 2. The van der Waals surface area contributed by atoms with Gasteiger partial charge in [-0.3, -0.25) is 14.5 Å². The van der Waals surface area contributed by atoms with E-state index in [-0.39, 0.29) is 17.7 Å². The molecule has 3 rings (SSSR count). The van der Waals surface area contributed by atoms with Gasteiger partial charge in [-0.1, -0.05) is 11.6 Å². The maximum atomic E-state index is 13.0. The van der Waals surface area contributed by atoms with Crippen LogP contribution in [0.2, 0.25) is 5.02 Å². The van der Waals surface area contributed by atoms with Crippen LogP contribution in [0.1, 0.15) is 23.2 Å². The summed E-state index contributed by atoms with van der Waals surface area (Å²) in [5.41, 5.74) is 0.587. The fourth-order valence-corrected chi connectivity index (χ4v) is 4.37. The standard InChI is InChI=1S/C22H33ClN4O3/c1-24-10-12-26(13-11-24)16-20(28)15-25(2)21(29)18-4-3-9-27(14-18)22(30)17-5-7-19(23)8-6-17/h5-8,18,20,28H,3-4,9-16H2,1-2H3. The number of likely N-dealkylation sites (tertiary alicyclic amines) is 1. The van der Waals surface area contributed by atoms with Crippen molar-refractivity contribution in [1.82, 2.24) is 19.6 Å². The first-order chi connectivity index (χ1) is 14.3. The van der Waals surface area contributed by atoms with E-state index in [1.165, 1.54) is 0 Å². The fraction of sp³-hybridized carbons (Fsp3) is 0.636. The summed E-state index contributed by atoms with van der Waals surface area (Å²) in [6.07, 6.45) is 0.994. The number of aliphatic hydroxyl groups excluding tert-OH is 1. The zero-order valence-corrected chi connectivity index (χ0v) is 18.7.